The van der Waals surface area contributed by atoms with Crippen LogP contribution in [0.1, 0.15) is 17.5 Å². The second-order valence-electron chi connectivity index (χ2n) is 4.84. The monoisotopic (exact) mass is 393 g/mol. The van der Waals surface area contributed by atoms with Crippen LogP contribution < -0.4 is 4.18 Å². The van der Waals surface area contributed by atoms with Gasteiger partial charge in [-0.25, -0.2) is 0 Å². The second-order valence-corrected chi connectivity index (χ2v) is 6.76. The molecule has 0 spiro atoms. The standard InChI is InChI=1S/C12H9F6NO3S2/c13-11(14,15)8-6-7(10(23)19-4-1-5-19)2-3-9(8)22-24(20,21)12(16,17)18/h2-3,6H,1,4-5H2. The summed E-state index contributed by atoms with van der Waals surface area (Å²) in [5.41, 5.74) is -7.56. The number of halogens is 6. The molecular weight excluding hydrogens is 384 g/mol. The molecule has 0 aliphatic carbocycles. The lowest BCUT2D eigenvalue weighted by molar-refractivity contribution is -0.138. The Bertz CT molecular complexity index is 753. The summed E-state index contributed by atoms with van der Waals surface area (Å²) in [5, 5.41) is 0. The molecule has 12 heteroatoms. The smallest absolute Gasteiger partial charge is 0.375 e. The first-order valence-corrected chi connectivity index (χ1v) is 8.16. The Morgan fingerprint density at radius 3 is 2.12 bits per heavy atom. The number of likely N-dealkylation sites (tertiary alicyclic amines) is 1. The lowest BCUT2D eigenvalue weighted by Gasteiger charge is -2.33. The van der Waals surface area contributed by atoms with Gasteiger partial charge in [0.2, 0.25) is 0 Å². The van der Waals surface area contributed by atoms with Crippen LogP contribution in [-0.4, -0.2) is 36.9 Å². The van der Waals surface area contributed by atoms with Gasteiger partial charge >= 0.3 is 21.8 Å². The van der Waals surface area contributed by atoms with Gasteiger partial charge in [0.05, 0.1) is 5.56 Å². The molecule has 1 fully saturated rings. The number of nitrogens with zero attached hydrogens (tertiary/aromatic N) is 1. The van der Waals surface area contributed by atoms with Crippen LogP contribution in [0.2, 0.25) is 0 Å². The number of alkyl halides is 6. The van der Waals surface area contributed by atoms with Crippen LogP contribution in [0.15, 0.2) is 18.2 Å². The minimum absolute atomic E-state index is 0.0613. The molecule has 24 heavy (non-hydrogen) atoms. The van der Waals surface area contributed by atoms with Crippen molar-refractivity contribution in [1.29, 1.82) is 0 Å². The largest absolute Gasteiger partial charge is 0.534 e. The molecule has 4 nitrogen and oxygen atoms in total. The fraction of sp³-hybridized carbons (Fsp3) is 0.417. The first-order valence-electron chi connectivity index (χ1n) is 6.34. The zero-order chi connectivity index (χ0) is 18.3. The van der Waals surface area contributed by atoms with Gasteiger partial charge < -0.3 is 9.08 Å². The van der Waals surface area contributed by atoms with Crippen molar-refractivity contribution in [3.63, 3.8) is 0 Å². The van der Waals surface area contributed by atoms with Gasteiger partial charge in [-0.05, 0) is 24.6 Å². The molecule has 0 unspecified atom stereocenters. The van der Waals surface area contributed by atoms with E-state index in [1.54, 1.807) is 4.90 Å². The number of hydrogen-bond donors (Lipinski definition) is 0. The van der Waals surface area contributed by atoms with Gasteiger partial charge in [-0.1, -0.05) is 12.2 Å². The van der Waals surface area contributed by atoms with Crippen LogP contribution in [0.5, 0.6) is 5.75 Å². The summed E-state index contributed by atoms with van der Waals surface area (Å²) in [6.45, 7) is 1.11. The van der Waals surface area contributed by atoms with Crippen LogP contribution in [0.4, 0.5) is 26.3 Å². The maximum absolute atomic E-state index is 13.0. The third-order valence-corrected chi connectivity index (χ3v) is 4.62. The van der Waals surface area contributed by atoms with Crippen molar-refractivity contribution in [2.24, 2.45) is 0 Å². The highest BCUT2D eigenvalue weighted by atomic mass is 32.2. The highest BCUT2D eigenvalue weighted by molar-refractivity contribution is 7.88. The summed E-state index contributed by atoms with van der Waals surface area (Å²) in [6.07, 6.45) is -4.31. The van der Waals surface area contributed by atoms with E-state index in [0.717, 1.165) is 12.5 Å². The quantitative estimate of drug-likeness (QED) is 0.341. The SMILES string of the molecule is O=S(=O)(Oc1ccc(C(=S)N2CCC2)cc1C(F)(F)F)C(F)(F)F. The van der Waals surface area contributed by atoms with Crippen molar-refractivity contribution in [3.8, 4) is 5.75 Å². The first-order chi connectivity index (χ1) is 10.8. The third kappa shape index (κ3) is 3.74. The van der Waals surface area contributed by atoms with Crippen molar-refractivity contribution < 1.29 is 38.9 Å². The van der Waals surface area contributed by atoms with E-state index < -0.39 is 33.1 Å². The van der Waals surface area contributed by atoms with Gasteiger partial charge in [0, 0.05) is 18.7 Å². The average molecular weight is 393 g/mol. The molecule has 0 bridgehead atoms. The van der Waals surface area contributed by atoms with E-state index in [1.165, 1.54) is 0 Å². The molecule has 1 aliphatic heterocycles. The van der Waals surface area contributed by atoms with E-state index in [-0.39, 0.29) is 10.6 Å². The van der Waals surface area contributed by atoms with Crippen molar-refractivity contribution in [2.75, 3.05) is 13.1 Å². The summed E-state index contributed by atoms with van der Waals surface area (Å²) in [7, 11) is -6.22. The number of benzene rings is 1. The maximum Gasteiger partial charge on any atom is 0.534 e. The Kier molecular flexibility index (Phi) is 4.74. The molecule has 0 saturated carbocycles. The van der Waals surface area contributed by atoms with Crippen molar-refractivity contribution in [1.82, 2.24) is 4.90 Å². The highest BCUT2D eigenvalue weighted by Crippen LogP contribution is 2.39. The van der Waals surface area contributed by atoms with E-state index in [0.29, 0.717) is 25.2 Å². The first kappa shape index (κ1) is 18.8. The summed E-state index contributed by atoms with van der Waals surface area (Å²) in [6, 6.07) is 1.96. The molecule has 0 N–H and O–H groups in total. The minimum Gasteiger partial charge on any atom is -0.375 e. The lowest BCUT2D eigenvalue weighted by atomic mass is 10.1. The van der Waals surface area contributed by atoms with Gasteiger partial charge in [0.1, 0.15) is 4.99 Å². The molecule has 134 valence electrons. The lowest BCUT2D eigenvalue weighted by Crippen LogP contribution is -2.41. The molecule has 1 aromatic carbocycles. The van der Waals surface area contributed by atoms with E-state index in [1.807, 2.05) is 0 Å². The Morgan fingerprint density at radius 1 is 1.12 bits per heavy atom. The van der Waals surface area contributed by atoms with Crippen LogP contribution in [-0.2, 0) is 16.3 Å². The minimum atomic E-state index is -6.22. The Labute approximate surface area is 138 Å². The third-order valence-electron chi connectivity index (χ3n) is 3.16. The predicted molar refractivity (Wildman–Crippen MR) is 74.9 cm³/mol. The predicted octanol–water partition coefficient (Wildman–Crippen LogP) is 3.32. The summed E-state index contributed by atoms with van der Waals surface area (Å²) >= 11 is 5.01. The van der Waals surface area contributed by atoms with E-state index in [2.05, 4.69) is 4.18 Å². The van der Waals surface area contributed by atoms with Crippen LogP contribution in [0, 0.1) is 0 Å². The number of thiocarbonyl (C=S) groups is 1. The fourth-order valence-electron chi connectivity index (χ4n) is 1.82. The molecule has 2 rings (SSSR count). The second kappa shape index (κ2) is 6.06. The zero-order valence-corrected chi connectivity index (χ0v) is 13.2. The molecule has 0 radical (unpaired) electrons. The average Bonchev–Trinajstić information content (AvgIpc) is 2.33. The highest BCUT2D eigenvalue weighted by Gasteiger charge is 2.49. The molecule has 0 aromatic heterocycles. The van der Waals surface area contributed by atoms with Gasteiger partial charge in [0.15, 0.2) is 5.75 Å². The summed E-state index contributed by atoms with van der Waals surface area (Å²) in [4.78, 5) is 1.70. The molecule has 1 heterocycles. The van der Waals surface area contributed by atoms with Crippen molar-refractivity contribution in [3.05, 3.63) is 29.3 Å². The van der Waals surface area contributed by atoms with Crippen molar-refractivity contribution in [2.45, 2.75) is 18.1 Å². The molecule has 1 saturated heterocycles. The molecule has 1 aliphatic rings. The Morgan fingerprint density at radius 2 is 1.71 bits per heavy atom. The topological polar surface area (TPSA) is 46.6 Å². The normalized spacial score (nSPS) is 15.8. The molecule has 0 atom stereocenters. The van der Waals surface area contributed by atoms with E-state index in [9.17, 15) is 34.8 Å². The zero-order valence-electron chi connectivity index (χ0n) is 11.6. The van der Waals surface area contributed by atoms with E-state index >= 15 is 0 Å². The molecule has 1 aromatic rings. The Hall–Kier alpha value is -1.56. The van der Waals surface area contributed by atoms with Gasteiger partial charge in [0.25, 0.3) is 0 Å². The maximum atomic E-state index is 13.0. The Balaban J connectivity index is 2.43. The van der Waals surface area contributed by atoms with Gasteiger partial charge in [-0.15, -0.1) is 0 Å². The number of rotatable bonds is 3. The molecule has 0 amide bonds. The van der Waals surface area contributed by atoms with E-state index in [4.69, 9.17) is 12.2 Å². The van der Waals surface area contributed by atoms with Gasteiger partial charge in [-0.3, -0.25) is 0 Å². The van der Waals surface area contributed by atoms with Crippen LogP contribution >= 0.6 is 12.2 Å². The molecular formula is C12H9F6NO3S2. The van der Waals surface area contributed by atoms with Gasteiger partial charge in [-0.2, -0.15) is 34.8 Å². The summed E-state index contributed by atoms with van der Waals surface area (Å²) < 4.78 is 102. The number of hydrogen-bond acceptors (Lipinski definition) is 4. The fourth-order valence-corrected chi connectivity index (χ4v) is 2.61. The van der Waals surface area contributed by atoms with Crippen molar-refractivity contribution >= 4 is 27.3 Å². The van der Waals surface area contributed by atoms with Crippen LogP contribution in [0.25, 0.3) is 0 Å². The van der Waals surface area contributed by atoms with Crippen LogP contribution in [0.3, 0.4) is 0 Å². The summed E-state index contributed by atoms with van der Waals surface area (Å²) in [5.74, 6) is -1.46.